The standard InChI is InChI=1S/C16H13N3OS2/c1-10-18-15(17-8-11-4-2-6-20-11)14-12(9-22-16(14)19-10)13-5-3-7-21-13/h2-7,9H,8H2,1H3,(H,17,18,19). The molecule has 0 aliphatic carbocycles. The topological polar surface area (TPSA) is 51.0 Å². The van der Waals surface area contributed by atoms with Gasteiger partial charge in [0.05, 0.1) is 18.2 Å². The second-order valence-electron chi connectivity index (χ2n) is 4.86. The van der Waals surface area contributed by atoms with Crippen molar-refractivity contribution in [2.45, 2.75) is 13.5 Å². The zero-order valence-corrected chi connectivity index (χ0v) is 13.5. The van der Waals surface area contributed by atoms with E-state index in [0.717, 1.165) is 27.6 Å². The molecule has 0 aromatic carbocycles. The third kappa shape index (κ3) is 2.40. The molecule has 0 unspecified atom stereocenters. The molecule has 0 saturated carbocycles. The minimum absolute atomic E-state index is 0.609. The van der Waals surface area contributed by atoms with Crippen LogP contribution in [0.2, 0.25) is 0 Å². The summed E-state index contributed by atoms with van der Waals surface area (Å²) in [6.45, 7) is 2.53. The predicted molar refractivity (Wildman–Crippen MR) is 91.5 cm³/mol. The fourth-order valence-corrected chi connectivity index (χ4v) is 4.18. The Morgan fingerprint density at radius 2 is 2.14 bits per heavy atom. The molecule has 4 aromatic rings. The number of nitrogens with zero attached hydrogens (tertiary/aromatic N) is 2. The smallest absolute Gasteiger partial charge is 0.139 e. The van der Waals surface area contributed by atoms with E-state index in [1.807, 2.05) is 19.1 Å². The molecule has 1 N–H and O–H groups in total. The maximum absolute atomic E-state index is 5.38. The highest BCUT2D eigenvalue weighted by Crippen LogP contribution is 2.38. The minimum atomic E-state index is 0.609. The van der Waals surface area contributed by atoms with Gasteiger partial charge in [-0.25, -0.2) is 9.97 Å². The quantitative estimate of drug-likeness (QED) is 0.577. The van der Waals surface area contributed by atoms with Crippen LogP contribution in [0.4, 0.5) is 5.82 Å². The van der Waals surface area contributed by atoms with E-state index < -0.39 is 0 Å². The number of furan rings is 1. The summed E-state index contributed by atoms with van der Waals surface area (Å²) >= 11 is 3.39. The number of rotatable bonds is 4. The summed E-state index contributed by atoms with van der Waals surface area (Å²) in [5.41, 5.74) is 1.19. The van der Waals surface area contributed by atoms with Crippen molar-refractivity contribution in [1.29, 1.82) is 0 Å². The van der Waals surface area contributed by atoms with Gasteiger partial charge in [-0.05, 0) is 30.5 Å². The van der Waals surface area contributed by atoms with Crippen LogP contribution in [0.3, 0.4) is 0 Å². The fraction of sp³-hybridized carbons (Fsp3) is 0.125. The molecule has 0 spiro atoms. The zero-order chi connectivity index (χ0) is 14.9. The van der Waals surface area contributed by atoms with Crippen molar-refractivity contribution in [2.75, 3.05) is 5.32 Å². The molecule has 6 heteroatoms. The monoisotopic (exact) mass is 327 g/mol. The lowest BCUT2D eigenvalue weighted by molar-refractivity contribution is 0.518. The Morgan fingerprint density at radius 1 is 1.18 bits per heavy atom. The van der Waals surface area contributed by atoms with Crippen LogP contribution in [-0.2, 0) is 6.54 Å². The van der Waals surface area contributed by atoms with Crippen molar-refractivity contribution >= 4 is 38.7 Å². The van der Waals surface area contributed by atoms with Gasteiger partial charge in [-0.3, -0.25) is 0 Å². The Balaban J connectivity index is 1.80. The van der Waals surface area contributed by atoms with Crippen molar-refractivity contribution in [3.63, 3.8) is 0 Å². The van der Waals surface area contributed by atoms with E-state index in [9.17, 15) is 0 Å². The Kier molecular flexibility index (Phi) is 3.40. The summed E-state index contributed by atoms with van der Waals surface area (Å²) in [7, 11) is 0. The molecule has 4 nitrogen and oxygen atoms in total. The Labute approximate surface area is 135 Å². The number of thiophene rings is 2. The lowest BCUT2D eigenvalue weighted by Gasteiger charge is -2.07. The van der Waals surface area contributed by atoms with Gasteiger partial charge in [0.25, 0.3) is 0 Å². The lowest BCUT2D eigenvalue weighted by atomic mass is 10.2. The predicted octanol–water partition coefficient (Wildman–Crippen LogP) is 4.93. The number of aryl methyl sites for hydroxylation is 1. The minimum Gasteiger partial charge on any atom is -0.467 e. The maximum Gasteiger partial charge on any atom is 0.139 e. The molecule has 0 bridgehead atoms. The van der Waals surface area contributed by atoms with Gasteiger partial charge < -0.3 is 9.73 Å². The van der Waals surface area contributed by atoms with Crippen LogP contribution >= 0.6 is 22.7 Å². The van der Waals surface area contributed by atoms with E-state index in [4.69, 9.17) is 4.42 Å². The molecule has 110 valence electrons. The van der Waals surface area contributed by atoms with E-state index in [-0.39, 0.29) is 0 Å². The highest BCUT2D eigenvalue weighted by Gasteiger charge is 2.15. The lowest BCUT2D eigenvalue weighted by Crippen LogP contribution is -2.03. The van der Waals surface area contributed by atoms with E-state index in [0.29, 0.717) is 6.54 Å². The van der Waals surface area contributed by atoms with Crippen LogP contribution in [0.25, 0.3) is 20.7 Å². The molecule has 0 fully saturated rings. The Bertz CT molecular complexity index is 895. The second kappa shape index (κ2) is 5.55. The molecule has 22 heavy (non-hydrogen) atoms. The van der Waals surface area contributed by atoms with Gasteiger partial charge in [-0.2, -0.15) is 0 Å². The van der Waals surface area contributed by atoms with Crippen LogP contribution < -0.4 is 5.32 Å². The summed E-state index contributed by atoms with van der Waals surface area (Å²) in [6.07, 6.45) is 1.68. The molecule has 4 heterocycles. The molecule has 4 aromatic heterocycles. The molecule has 0 amide bonds. The third-order valence-electron chi connectivity index (χ3n) is 3.34. The normalized spacial score (nSPS) is 11.1. The van der Waals surface area contributed by atoms with Crippen LogP contribution in [0.1, 0.15) is 11.6 Å². The molecule has 0 aliphatic heterocycles. The molecular weight excluding hydrogens is 314 g/mol. The summed E-state index contributed by atoms with van der Waals surface area (Å²) in [4.78, 5) is 11.4. The van der Waals surface area contributed by atoms with Crippen molar-refractivity contribution in [1.82, 2.24) is 9.97 Å². The number of anilines is 1. The largest absolute Gasteiger partial charge is 0.467 e. The number of hydrogen-bond donors (Lipinski definition) is 1. The zero-order valence-electron chi connectivity index (χ0n) is 11.9. The first kappa shape index (κ1) is 13.5. The summed E-state index contributed by atoms with van der Waals surface area (Å²) in [6, 6.07) is 8.03. The van der Waals surface area contributed by atoms with Crippen LogP contribution in [0, 0.1) is 6.92 Å². The second-order valence-corrected chi connectivity index (χ2v) is 6.66. The van der Waals surface area contributed by atoms with Gasteiger partial charge in [0.2, 0.25) is 0 Å². The van der Waals surface area contributed by atoms with Crippen molar-refractivity contribution in [2.24, 2.45) is 0 Å². The first-order chi connectivity index (χ1) is 10.8. The highest BCUT2D eigenvalue weighted by atomic mass is 32.1. The number of fused-ring (bicyclic) bond motifs is 1. The molecular formula is C16H13N3OS2. The van der Waals surface area contributed by atoms with E-state index >= 15 is 0 Å². The molecule has 4 rings (SSSR count). The first-order valence-electron chi connectivity index (χ1n) is 6.87. The summed E-state index contributed by atoms with van der Waals surface area (Å²) < 4.78 is 5.38. The van der Waals surface area contributed by atoms with Gasteiger partial charge in [-0.15, -0.1) is 22.7 Å². The Hall–Kier alpha value is -2.18. The molecule has 0 aliphatic rings. The number of aromatic nitrogens is 2. The van der Waals surface area contributed by atoms with E-state index in [1.165, 1.54) is 10.4 Å². The average molecular weight is 327 g/mol. The SMILES string of the molecule is Cc1nc(NCc2ccco2)c2c(-c3cccs3)csc2n1. The van der Waals surface area contributed by atoms with Gasteiger partial charge in [0.15, 0.2) is 0 Å². The maximum atomic E-state index is 5.38. The van der Waals surface area contributed by atoms with E-state index in [2.05, 4.69) is 38.2 Å². The van der Waals surface area contributed by atoms with Gasteiger partial charge in [0.1, 0.15) is 22.2 Å². The van der Waals surface area contributed by atoms with Crippen molar-refractivity contribution < 1.29 is 4.42 Å². The summed E-state index contributed by atoms with van der Waals surface area (Å²) in [5.74, 6) is 2.52. The molecule has 0 saturated heterocycles. The molecule has 0 atom stereocenters. The van der Waals surface area contributed by atoms with Gasteiger partial charge in [-0.1, -0.05) is 6.07 Å². The van der Waals surface area contributed by atoms with Crippen molar-refractivity contribution in [3.8, 4) is 10.4 Å². The van der Waals surface area contributed by atoms with E-state index in [1.54, 1.807) is 28.9 Å². The number of nitrogens with one attached hydrogen (secondary N) is 1. The highest BCUT2D eigenvalue weighted by molar-refractivity contribution is 7.18. The van der Waals surface area contributed by atoms with Crippen LogP contribution in [0.5, 0.6) is 0 Å². The van der Waals surface area contributed by atoms with Gasteiger partial charge in [0, 0.05) is 15.8 Å². The fourth-order valence-electron chi connectivity index (χ4n) is 2.37. The third-order valence-corrected chi connectivity index (χ3v) is 5.12. The number of hydrogen-bond acceptors (Lipinski definition) is 6. The van der Waals surface area contributed by atoms with Crippen molar-refractivity contribution in [3.05, 3.63) is 52.9 Å². The summed E-state index contributed by atoms with van der Waals surface area (Å²) in [5, 5.41) is 8.72. The van der Waals surface area contributed by atoms with Gasteiger partial charge >= 0.3 is 0 Å². The molecule has 0 radical (unpaired) electrons. The average Bonchev–Trinajstić information content (AvgIpc) is 3.24. The Morgan fingerprint density at radius 3 is 2.91 bits per heavy atom. The first-order valence-corrected chi connectivity index (χ1v) is 8.63. The van der Waals surface area contributed by atoms with Crippen LogP contribution in [0.15, 0.2) is 45.7 Å². The van der Waals surface area contributed by atoms with Crippen LogP contribution in [-0.4, -0.2) is 9.97 Å².